The van der Waals surface area contributed by atoms with E-state index in [0.29, 0.717) is 38.8 Å². The third-order valence-electron chi connectivity index (χ3n) is 11.4. The van der Waals surface area contributed by atoms with Crippen molar-refractivity contribution in [3.63, 3.8) is 0 Å². The standard InChI is InChI=1S/C43H34BrNO6/c1-3-24-14-16-28(17-15-24)45-41(49)30-19-18-29-32(37(30)42(45)50)22-33-39(47)31(25-10-6-4-7-11-25)23-36(46)43(33,27-12-8-5-9-13-27)38(29)26-20-34(44)40(48)35(21-26)51-2/h3-18,20-21,23,30,32-33,37-38,48H,1,19,22H2,2H3/t30-,32+,33-,37-,38-,43-/m0/s1. The number of phenols is 1. The summed E-state index contributed by atoms with van der Waals surface area (Å²) in [5.74, 6) is -4.35. The number of phenolic OH excluding ortho intramolecular Hbond substituents is 1. The van der Waals surface area contributed by atoms with Crippen molar-refractivity contribution < 1.29 is 29.0 Å². The molecule has 0 radical (unpaired) electrons. The molecule has 1 saturated carbocycles. The van der Waals surface area contributed by atoms with E-state index in [2.05, 4.69) is 22.5 Å². The van der Waals surface area contributed by atoms with E-state index in [1.165, 1.54) is 18.1 Å². The van der Waals surface area contributed by atoms with Crippen LogP contribution < -0.4 is 9.64 Å². The lowest BCUT2D eigenvalue weighted by Gasteiger charge is -2.55. The van der Waals surface area contributed by atoms with E-state index >= 15 is 9.59 Å². The molecule has 1 saturated heterocycles. The Hall–Kier alpha value is -5.34. The average Bonchev–Trinajstić information content (AvgIpc) is 3.42. The summed E-state index contributed by atoms with van der Waals surface area (Å²) in [6.45, 7) is 3.81. The van der Waals surface area contributed by atoms with Gasteiger partial charge in [0.2, 0.25) is 11.8 Å². The van der Waals surface area contributed by atoms with Crippen molar-refractivity contribution in [2.45, 2.75) is 24.2 Å². The van der Waals surface area contributed by atoms with Crippen molar-refractivity contribution in [2.24, 2.45) is 23.7 Å². The number of nitrogens with zero attached hydrogens (tertiary/aromatic N) is 1. The highest BCUT2D eigenvalue weighted by Crippen LogP contribution is 2.64. The van der Waals surface area contributed by atoms with Gasteiger partial charge in [-0.1, -0.05) is 97.1 Å². The van der Waals surface area contributed by atoms with Gasteiger partial charge in [-0.05, 0) is 87.3 Å². The summed E-state index contributed by atoms with van der Waals surface area (Å²) in [4.78, 5) is 60.2. The molecule has 8 rings (SSSR count). The fourth-order valence-electron chi connectivity index (χ4n) is 9.18. The van der Waals surface area contributed by atoms with Gasteiger partial charge in [0.1, 0.15) is 0 Å². The molecular weight excluding hydrogens is 706 g/mol. The molecule has 4 aromatic rings. The number of anilines is 1. The van der Waals surface area contributed by atoms with E-state index < -0.39 is 35.0 Å². The molecule has 2 fully saturated rings. The molecule has 1 heterocycles. The SMILES string of the molecule is C=Cc1ccc(N2C(=O)[C@H]3[C@H](CC=C4[C@H]3C[C@H]3C(=O)C(c5ccccc5)=CC(=O)[C@@]3(c3ccccc3)[C@H]4c3cc(Br)c(O)c(OC)c3)C2=O)cc1. The first-order valence-electron chi connectivity index (χ1n) is 17.0. The van der Waals surface area contributed by atoms with Crippen molar-refractivity contribution >= 4 is 56.6 Å². The second kappa shape index (κ2) is 12.5. The Morgan fingerprint density at radius 3 is 2.25 bits per heavy atom. The lowest BCUT2D eigenvalue weighted by molar-refractivity contribution is -0.135. The first-order valence-corrected chi connectivity index (χ1v) is 17.8. The highest BCUT2D eigenvalue weighted by molar-refractivity contribution is 9.10. The molecule has 0 bridgehead atoms. The number of carbonyl (C=O) groups is 4. The smallest absolute Gasteiger partial charge is 0.238 e. The van der Waals surface area contributed by atoms with Crippen LogP contribution in [0, 0.1) is 23.7 Å². The molecule has 0 spiro atoms. The molecule has 0 aromatic heterocycles. The maximum atomic E-state index is 15.2. The third-order valence-corrected chi connectivity index (χ3v) is 12.0. The highest BCUT2D eigenvalue weighted by Gasteiger charge is 2.66. The van der Waals surface area contributed by atoms with Crippen LogP contribution in [0.25, 0.3) is 11.6 Å². The molecule has 51 heavy (non-hydrogen) atoms. The number of fused-ring (bicyclic) bond motifs is 4. The van der Waals surface area contributed by atoms with Gasteiger partial charge in [0.25, 0.3) is 0 Å². The van der Waals surface area contributed by atoms with Crippen molar-refractivity contribution in [3.8, 4) is 11.5 Å². The summed E-state index contributed by atoms with van der Waals surface area (Å²) in [5, 5.41) is 10.9. The monoisotopic (exact) mass is 739 g/mol. The van der Waals surface area contributed by atoms with Crippen LogP contribution >= 0.6 is 15.9 Å². The third kappa shape index (κ3) is 4.83. The van der Waals surface area contributed by atoms with Gasteiger partial charge in [-0.3, -0.25) is 24.1 Å². The summed E-state index contributed by atoms with van der Waals surface area (Å²) in [5.41, 5.74) is 3.10. The Labute approximate surface area is 304 Å². The van der Waals surface area contributed by atoms with Crippen molar-refractivity contribution in [1.29, 1.82) is 0 Å². The number of benzene rings is 4. The minimum absolute atomic E-state index is 0.0939. The molecule has 4 aromatic carbocycles. The number of methoxy groups -OCH3 is 1. The van der Waals surface area contributed by atoms with Gasteiger partial charge in [0.05, 0.1) is 34.5 Å². The van der Waals surface area contributed by atoms with E-state index in [0.717, 1.165) is 11.1 Å². The van der Waals surface area contributed by atoms with Crippen LogP contribution in [0.2, 0.25) is 0 Å². The Balaban J connectivity index is 1.37. The average molecular weight is 741 g/mol. The summed E-state index contributed by atoms with van der Waals surface area (Å²) in [6.07, 6.45) is 5.72. The first kappa shape index (κ1) is 32.8. The van der Waals surface area contributed by atoms with Gasteiger partial charge < -0.3 is 9.84 Å². The minimum atomic E-state index is -1.39. The number of ketones is 2. The predicted molar refractivity (Wildman–Crippen MR) is 198 cm³/mol. The highest BCUT2D eigenvalue weighted by atomic mass is 79.9. The number of Topliss-reactive ketones (excluding diaryl/α,β-unsaturated/α-hetero) is 1. The molecule has 7 nitrogen and oxygen atoms in total. The van der Waals surface area contributed by atoms with Gasteiger partial charge >= 0.3 is 0 Å². The molecule has 1 aliphatic heterocycles. The van der Waals surface area contributed by atoms with Crippen LogP contribution in [-0.2, 0) is 24.6 Å². The van der Waals surface area contributed by atoms with Crippen LogP contribution in [0.15, 0.2) is 126 Å². The quantitative estimate of drug-likeness (QED) is 0.160. The van der Waals surface area contributed by atoms with Crippen LogP contribution in [0.4, 0.5) is 5.69 Å². The van der Waals surface area contributed by atoms with Crippen LogP contribution in [-0.4, -0.2) is 35.6 Å². The number of ether oxygens (including phenoxy) is 1. The first-order chi connectivity index (χ1) is 24.7. The van der Waals surface area contributed by atoms with Gasteiger partial charge in [-0.15, -0.1) is 0 Å². The Morgan fingerprint density at radius 1 is 0.902 bits per heavy atom. The Bertz CT molecular complexity index is 2190. The van der Waals surface area contributed by atoms with E-state index in [1.54, 1.807) is 30.3 Å². The molecule has 1 N–H and O–H groups in total. The van der Waals surface area contributed by atoms with Gasteiger partial charge in [0, 0.05) is 17.4 Å². The molecule has 2 amide bonds. The van der Waals surface area contributed by atoms with Gasteiger partial charge in [-0.25, -0.2) is 0 Å². The second-order valence-electron chi connectivity index (χ2n) is 13.6. The van der Waals surface area contributed by atoms with E-state index in [-0.39, 0.29) is 41.3 Å². The number of hydrogen-bond acceptors (Lipinski definition) is 6. The molecule has 6 atom stereocenters. The Kier molecular flexibility index (Phi) is 8.02. The zero-order valence-electron chi connectivity index (χ0n) is 27.8. The largest absolute Gasteiger partial charge is 0.503 e. The topological polar surface area (TPSA) is 101 Å². The number of hydrogen-bond donors (Lipinski definition) is 1. The van der Waals surface area contributed by atoms with E-state index in [9.17, 15) is 14.7 Å². The summed E-state index contributed by atoms with van der Waals surface area (Å²) in [6, 6.07) is 29.2. The molecule has 0 unspecified atom stereocenters. The number of rotatable bonds is 6. The van der Waals surface area contributed by atoms with Crippen LogP contribution in [0.1, 0.15) is 41.0 Å². The summed E-state index contributed by atoms with van der Waals surface area (Å²) < 4.78 is 5.96. The number of carbonyl (C=O) groups excluding carboxylic acids is 4. The van der Waals surface area contributed by atoms with Gasteiger partial charge in [0.15, 0.2) is 23.1 Å². The van der Waals surface area contributed by atoms with Crippen molar-refractivity contribution in [1.82, 2.24) is 0 Å². The number of aromatic hydroxyl groups is 1. The lowest BCUT2D eigenvalue weighted by atomic mass is 9.44. The molecule has 4 aliphatic rings. The molecule has 3 aliphatic carbocycles. The zero-order chi connectivity index (χ0) is 35.6. The van der Waals surface area contributed by atoms with Crippen LogP contribution in [0.5, 0.6) is 11.5 Å². The fraction of sp³-hybridized carbons (Fsp3) is 0.209. The number of halogens is 1. The maximum Gasteiger partial charge on any atom is 0.238 e. The van der Waals surface area contributed by atoms with Crippen molar-refractivity contribution in [3.05, 3.63) is 148 Å². The van der Waals surface area contributed by atoms with E-state index in [4.69, 9.17) is 4.74 Å². The van der Waals surface area contributed by atoms with Crippen molar-refractivity contribution in [2.75, 3.05) is 12.0 Å². The second-order valence-corrected chi connectivity index (χ2v) is 14.5. The lowest BCUT2D eigenvalue weighted by Crippen LogP contribution is -2.58. The molecular formula is C43H34BrNO6. The normalized spacial score (nSPS) is 26.9. The molecule has 254 valence electrons. The molecule has 8 heteroatoms. The Morgan fingerprint density at radius 2 is 1.59 bits per heavy atom. The number of imide groups is 1. The fourth-order valence-corrected chi connectivity index (χ4v) is 9.64. The van der Waals surface area contributed by atoms with Gasteiger partial charge in [-0.2, -0.15) is 0 Å². The number of amides is 2. The summed E-state index contributed by atoms with van der Waals surface area (Å²) >= 11 is 3.50. The number of allylic oxidation sites excluding steroid dienone is 4. The zero-order valence-corrected chi connectivity index (χ0v) is 29.4. The minimum Gasteiger partial charge on any atom is -0.503 e. The van der Waals surface area contributed by atoms with E-state index in [1.807, 2.05) is 78.9 Å². The summed E-state index contributed by atoms with van der Waals surface area (Å²) in [7, 11) is 1.46. The van der Waals surface area contributed by atoms with Crippen LogP contribution in [0.3, 0.4) is 0 Å². The maximum absolute atomic E-state index is 15.2. The predicted octanol–water partition coefficient (Wildman–Crippen LogP) is 7.84.